The van der Waals surface area contributed by atoms with E-state index in [1.54, 1.807) is 0 Å². The second kappa shape index (κ2) is 6.33. The molecule has 0 saturated heterocycles. The zero-order valence-electron chi connectivity index (χ0n) is 10.6. The number of hydrogen-bond donors (Lipinski definition) is 3. The highest BCUT2D eigenvalue weighted by Gasteiger charge is 2.27. The number of amidine groups is 1. The molecule has 0 spiro atoms. The Balaban J connectivity index is 4.66. The maximum absolute atomic E-state index is 11.7. The second-order valence-corrected chi connectivity index (χ2v) is 5.65. The maximum atomic E-state index is 11.7. The van der Waals surface area contributed by atoms with Gasteiger partial charge in [0.1, 0.15) is 0 Å². The molecule has 0 aliphatic rings. The summed E-state index contributed by atoms with van der Waals surface area (Å²) in [4.78, 5) is 23.7. The lowest BCUT2D eigenvalue weighted by molar-refractivity contribution is 0.199. The summed E-state index contributed by atoms with van der Waals surface area (Å²) < 4.78 is 6.85. The molecule has 0 saturated carbocycles. The third-order valence-corrected chi connectivity index (χ3v) is 2.35. The minimum atomic E-state index is -0.733. The summed E-state index contributed by atoms with van der Waals surface area (Å²) >= 11 is 1.15. The van der Waals surface area contributed by atoms with Crippen molar-refractivity contribution in [3.8, 4) is 0 Å². The van der Waals surface area contributed by atoms with Crippen LogP contribution >= 0.6 is 11.9 Å². The van der Waals surface area contributed by atoms with Crippen LogP contribution in [0, 0.1) is 5.41 Å². The number of amides is 4. The maximum Gasteiger partial charge on any atom is 0.343 e. The fraction of sp³-hybridized carbons (Fsp3) is 0.667. The average molecular weight is 262 g/mol. The fourth-order valence-corrected chi connectivity index (χ4v) is 1.21. The first-order valence-electron chi connectivity index (χ1n) is 4.85. The van der Waals surface area contributed by atoms with Crippen LogP contribution in [-0.2, 0) is 4.74 Å². The fourth-order valence-electron chi connectivity index (χ4n) is 0.722. The molecule has 0 rings (SSSR count). The summed E-state index contributed by atoms with van der Waals surface area (Å²) in [5.74, 6) is 0. The SMILES string of the molecule is CNC(=O)N(C(=N)OC)C(=O)NSC(C)(C)C. The summed E-state index contributed by atoms with van der Waals surface area (Å²) in [6.07, 6.45) is 0. The number of hydrogen-bond acceptors (Lipinski definition) is 5. The monoisotopic (exact) mass is 262 g/mol. The Morgan fingerprint density at radius 1 is 1.29 bits per heavy atom. The first-order chi connectivity index (χ1) is 7.72. The summed E-state index contributed by atoms with van der Waals surface area (Å²) in [7, 11) is 2.57. The highest BCUT2D eigenvalue weighted by atomic mass is 32.2. The zero-order chi connectivity index (χ0) is 13.6. The lowest BCUT2D eigenvalue weighted by Gasteiger charge is -2.22. The molecule has 0 aromatic rings. The molecule has 8 heteroatoms. The minimum absolute atomic E-state index is 0.195. The van der Waals surface area contributed by atoms with Crippen molar-refractivity contribution in [3.05, 3.63) is 0 Å². The standard InChI is InChI=1S/C9H18N4O3S/c1-9(2,3)17-12-8(15)13(6(10)16-5)7(14)11-4/h10H,1-5H3,(H,11,14)(H,12,15). The predicted octanol–water partition coefficient (Wildman–Crippen LogP) is 1.37. The lowest BCUT2D eigenvalue weighted by atomic mass is 10.3. The van der Waals surface area contributed by atoms with Crippen LogP contribution in [0.2, 0.25) is 0 Å². The van der Waals surface area contributed by atoms with E-state index >= 15 is 0 Å². The second-order valence-electron chi connectivity index (χ2n) is 4.02. The molecule has 0 aliphatic heterocycles. The summed E-state index contributed by atoms with van der Waals surface area (Å²) in [5, 5.41) is 9.62. The molecule has 0 unspecified atom stereocenters. The summed E-state index contributed by atoms with van der Waals surface area (Å²) in [6, 6.07) is -2.00. The molecule has 98 valence electrons. The molecule has 0 fully saturated rings. The molecule has 0 aliphatic carbocycles. The molecular weight excluding hydrogens is 244 g/mol. The van der Waals surface area contributed by atoms with Crippen LogP contribution in [0.4, 0.5) is 9.59 Å². The quantitative estimate of drug-likeness (QED) is 0.378. The van der Waals surface area contributed by atoms with Crippen molar-refractivity contribution in [2.75, 3.05) is 14.2 Å². The van der Waals surface area contributed by atoms with Gasteiger partial charge in [-0.1, -0.05) is 0 Å². The summed E-state index contributed by atoms with van der Waals surface area (Å²) in [6.45, 7) is 5.72. The van der Waals surface area contributed by atoms with Gasteiger partial charge in [0, 0.05) is 11.8 Å². The van der Waals surface area contributed by atoms with Crippen molar-refractivity contribution in [3.63, 3.8) is 0 Å². The van der Waals surface area contributed by atoms with E-state index < -0.39 is 18.1 Å². The number of carbonyl (C=O) groups excluding carboxylic acids is 2. The van der Waals surface area contributed by atoms with Gasteiger partial charge in [-0.2, -0.15) is 4.90 Å². The predicted molar refractivity (Wildman–Crippen MR) is 66.9 cm³/mol. The van der Waals surface area contributed by atoms with Crippen LogP contribution in [-0.4, -0.2) is 41.9 Å². The third-order valence-electron chi connectivity index (χ3n) is 1.46. The van der Waals surface area contributed by atoms with E-state index in [0.29, 0.717) is 4.90 Å². The Hall–Kier alpha value is -1.44. The molecule has 4 amide bonds. The Morgan fingerprint density at radius 3 is 2.18 bits per heavy atom. The molecule has 0 aromatic heterocycles. The van der Waals surface area contributed by atoms with E-state index in [4.69, 9.17) is 5.41 Å². The normalized spacial score (nSPS) is 10.4. The highest BCUT2D eigenvalue weighted by Crippen LogP contribution is 2.19. The smallest absolute Gasteiger partial charge is 0.343 e. The van der Waals surface area contributed by atoms with Gasteiger partial charge in [0.15, 0.2) is 0 Å². The number of rotatable bonds is 1. The Kier molecular flexibility index (Phi) is 5.80. The molecule has 0 bridgehead atoms. The van der Waals surface area contributed by atoms with Gasteiger partial charge in [-0.15, -0.1) is 0 Å². The van der Waals surface area contributed by atoms with Crippen molar-refractivity contribution < 1.29 is 14.3 Å². The van der Waals surface area contributed by atoms with Gasteiger partial charge in [-0.05, 0) is 32.7 Å². The van der Waals surface area contributed by atoms with E-state index in [2.05, 4.69) is 14.8 Å². The van der Waals surface area contributed by atoms with E-state index in [0.717, 1.165) is 11.9 Å². The van der Waals surface area contributed by atoms with Gasteiger partial charge in [-0.25, -0.2) is 9.59 Å². The van der Waals surface area contributed by atoms with Gasteiger partial charge in [0.2, 0.25) is 0 Å². The summed E-state index contributed by atoms with van der Waals surface area (Å²) in [5.41, 5.74) is 0. The van der Waals surface area contributed by atoms with Crippen molar-refractivity contribution in [2.24, 2.45) is 0 Å². The van der Waals surface area contributed by atoms with Crippen LogP contribution in [0.3, 0.4) is 0 Å². The molecule has 7 nitrogen and oxygen atoms in total. The first kappa shape index (κ1) is 15.6. The van der Waals surface area contributed by atoms with Gasteiger partial charge < -0.3 is 10.1 Å². The number of carbonyl (C=O) groups is 2. The van der Waals surface area contributed by atoms with Gasteiger partial charge in [-0.3, -0.25) is 10.1 Å². The van der Waals surface area contributed by atoms with Crippen molar-refractivity contribution in [1.82, 2.24) is 14.9 Å². The number of nitrogens with zero attached hydrogens (tertiary/aromatic N) is 1. The number of methoxy groups -OCH3 is 1. The number of imide groups is 1. The first-order valence-corrected chi connectivity index (χ1v) is 5.67. The van der Waals surface area contributed by atoms with Crippen LogP contribution in [0.1, 0.15) is 20.8 Å². The minimum Gasteiger partial charge on any atom is -0.468 e. The largest absolute Gasteiger partial charge is 0.468 e. The number of ether oxygens (including phenoxy) is 1. The van der Waals surface area contributed by atoms with Crippen LogP contribution in [0.5, 0.6) is 0 Å². The van der Waals surface area contributed by atoms with E-state index in [1.165, 1.54) is 14.2 Å². The number of nitrogens with one attached hydrogen (secondary N) is 3. The van der Waals surface area contributed by atoms with E-state index in [-0.39, 0.29) is 4.75 Å². The zero-order valence-corrected chi connectivity index (χ0v) is 11.4. The Bertz CT molecular complexity index is 298. The molecule has 0 radical (unpaired) electrons. The molecule has 0 heterocycles. The molecule has 0 atom stereocenters. The molecular formula is C9H18N4O3S. The van der Waals surface area contributed by atoms with Crippen molar-refractivity contribution in [1.29, 1.82) is 5.41 Å². The van der Waals surface area contributed by atoms with Crippen molar-refractivity contribution >= 4 is 30.0 Å². The molecule has 0 aromatic carbocycles. The van der Waals surface area contributed by atoms with Crippen LogP contribution < -0.4 is 10.0 Å². The van der Waals surface area contributed by atoms with E-state index in [1.807, 2.05) is 20.8 Å². The lowest BCUT2D eigenvalue weighted by Crippen LogP contribution is -2.50. The topological polar surface area (TPSA) is 94.5 Å². The number of urea groups is 2. The van der Waals surface area contributed by atoms with Crippen LogP contribution in [0.15, 0.2) is 0 Å². The molecule has 17 heavy (non-hydrogen) atoms. The van der Waals surface area contributed by atoms with Gasteiger partial charge in [0.05, 0.1) is 7.11 Å². The van der Waals surface area contributed by atoms with Crippen molar-refractivity contribution in [2.45, 2.75) is 25.5 Å². The van der Waals surface area contributed by atoms with Crippen LogP contribution in [0.25, 0.3) is 0 Å². The Morgan fingerprint density at radius 2 is 1.82 bits per heavy atom. The van der Waals surface area contributed by atoms with E-state index in [9.17, 15) is 9.59 Å². The highest BCUT2D eigenvalue weighted by molar-refractivity contribution is 7.99. The Labute approximate surface area is 105 Å². The van der Waals surface area contributed by atoms with Gasteiger partial charge >= 0.3 is 18.1 Å². The average Bonchev–Trinajstić information content (AvgIpc) is 2.25. The molecule has 3 N–H and O–H groups in total. The van der Waals surface area contributed by atoms with Gasteiger partial charge in [0.25, 0.3) is 0 Å². The third kappa shape index (κ3) is 5.43.